The highest BCUT2D eigenvalue weighted by atomic mass is 127. The Bertz CT molecular complexity index is 1920. The van der Waals surface area contributed by atoms with Crippen molar-refractivity contribution in [1.29, 1.82) is 0 Å². The summed E-state index contributed by atoms with van der Waals surface area (Å²) >= 11 is 1.99. The Balaban J connectivity index is 1.59. The van der Waals surface area contributed by atoms with E-state index >= 15 is 0 Å². The minimum absolute atomic E-state index is 0.0646. The van der Waals surface area contributed by atoms with E-state index in [0.717, 1.165) is 0 Å². The van der Waals surface area contributed by atoms with Gasteiger partial charge in [-0.1, -0.05) is 12.1 Å². The maximum atomic E-state index is 14.9. The van der Waals surface area contributed by atoms with Crippen LogP contribution in [0.1, 0.15) is 30.0 Å². The molecule has 1 aliphatic heterocycles. The summed E-state index contributed by atoms with van der Waals surface area (Å²) in [5.74, 6) is -0.628. The number of amides is 1. The van der Waals surface area contributed by atoms with Gasteiger partial charge in [0.25, 0.3) is 11.1 Å². The zero-order chi connectivity index (χ0) is 29.2. The first-order chi connectivity index (χ1) is 19.5. The number of aryl methyl sites for hydroxylation is 1. The van der Waals surface area contributed by atoms with Crippen LogP contribution in [0.25, 0.3) is 16.6 Å². The summed E-state index contributed by atoms with van der Waals surface area (Å²) in [5.41, 5.74) is -0.166. The van der Waals surface area contributed by atoms with E-state index in [1.807, 2.05) is 22.6 Å². The number of halogens is 2. The molecule has 6 rings (SSSR count). The predicted molar refractivity (Wildman–Crippen MR) is 161 cm³/mol. The van der Waals surface area contributed by atoms with E-state index in [4.69, 9.17) is 0 Å². The van der Waals surface area contributed by atoms with Crippen molar-refractivity contribution >= 4 is 50.9 Å². The number of aliphatic hydroxyl groups excluding tert-OH is 1. The van der Waals surface area contributed by atoms with Crippen LogP contribution < -0.4 is 22.1 Å². The Morgan fingerprint density at radius 3 is 2.49 bits per heavy atom. The molecule has 3 heterocycles. The smallest absolute Gasteiger partial charge is 0.336 e. The molecule has 4 aromatic rings. The van der Waals surface area contributed by atoms with E-state index < -0.39 is 28.7 Å². The molecular formula is C29H27FIN5O5. The Morgan fingerprint density at radius 1 is 1.10 bits per heavy atom. The lowest BCUT2D eigenvalue weighted by Gasteiger charge is -2.36. The van der Waals surface area contributed by atoms with Crippen LogP contribution in [0.4, 0.5) is 15.9 Å². The average molecular weight is 671 g/mol. The van der Waals surface area contributed by atoms with Crippen molar-refractivity contribution in [2.24, 2.45) is 7.05 Å². The van der Waals surface area contributed by atoms with E-state index in [0.29, 0.717) is 27.7 Å². The molecule has 0 radical (unpaired) electrons. The molecule has 2 aliphatic rings. The third kappa shape index (κ3) is 4.78. The topological polar surface area (TPSA) is 119 Å². The Morgan fingerprint density at radius 2 is 1.83 bits per heavy atom. The molecule has 2 aromatic carbocycles. The van der Waals surface area contributed by atoms with Gasteiger partial charge in [-0.3, -0.25) is 28.1 Å². The first-order valence-corrected chi connectivity index (χ1v) is 14.3. The molecule has 12 heteroatoms. The van der Waals surface area contributed by atoms with Gasteiger partial charge in [0.15, 0.2) is 0 Å². The monoisotopic (exact) mass is 671 g/mol. The summed E-state index contributed by atoms with van der Waals surface area (Å²) < 4.78 is 19.4. The van der Waals surface area contributed by atoms with Crippen molar-refractivity contribution in [2.75, 3.05) is 18.4 Å². The van der Waals surface area contributed by atoms with Gasteiger partial charge in [0, 0.05) is 35.3 Å². The molecule has 10 nitrogen and oxygen atoms in total. The SMILES string of the molecule is Cc1c(=O)n(C)c(Nc2ccc(I)cc2F)c2c(=O)n(C3CC3)c(=O)n(-c3cccc(CC(=O)N4CC(O)C4)c3)c12. The van der Waals surface area contributed by atoms with Gasteiger partial charge in [-0.2, -0.15) is 0 Å². The van der Waals surface area contributed by atoms with Gasteiger partial charge >= 0.3 is 5.69 Å². The number of carbonyl (C=O) groups excluding carboxylic acids is 1. The fourth-order valence-electron chi connectivity index (χ4n) is 5.32. The van der Waals surface area contributed by atoms with Gasteiger partial charge in [0.05, 0.1) is 29.4 Å². The standard InChI is InChI=1S/C29H27FIN5O5/c1-15-25-24(26(33(2)27(15)39)32-22-9-6-17(31)12-21(22)30)28(40)36(18-7-8-18)29(41)35(25)19-5-3-4-16(10-19)11-23(38)34-13-20(37)14-34/h3-6,9-10,12,18,20,32,37H,7-8,11,13-14H2,1-2H3. The first kappa shape index (κ1) is 27.4. The third-order valence-electron chi connectivity index (χ3n) is 7.68. The number of pyridine rings is 1. The summed E-state index contributed by atoms with van der Waals surface area (Å²) in [6.07, 6.45) is 0.876. The number of hydrogen-bond acceptors (Lipinski definition) is 6. The highest BCUT2D eigenvalue weighted by Crippen LogP contribution is 2.34. The van der Waals surface area contributed by atoms with E-state index in [1.54, 1.807) is 42.2 Å². The van der Waals surface area contributed by atoms with Crippen LogP contribution in [0, 0.1) is 16.3 Å². The molecule has 0 atom stereocenters. The van der Waals surface area contributed by atoms with Crippen molar-refractivity contribution < 1.29 is 14.3 Å². The van der Waals surface area contributed by atoms with Gasteiger partial charge in [-0.15, -0.1) is 0 Å². The molecule has 0 bridgehead atoms. The third-order valence-corrected chi connectivity index (χ3v) is 8.35. The quantitative estimate of drug-likeness (QED) is 0.305. The zero-order valence-electron chi connectivity index (χ0n) is 22.4. The van der Waals surface area contributed by atoms with E-state index in [1.165, 1.54) is 32.9 Å². The molecule has 2 fully saturated rings. The fraction of sp³-hybridized carbons (Fsp3) is 0.310. The number of fused-ring (bicyclic) bond motifs is 1. The minimum atomic E-state index is -0.581. The molecule has 0 unspecified atom stereocenters. The first-order valence-electron chi connectivity index (χ1n) is 13.2. The second kappa shape index (κ2) is 10.2. The number of rotatable bonds is 6. The van der Waals surface area contributed by atoms with Crippen molar-refractivity contribution in [1.82, 2.24) is 18.6 Å². The van der Waals surface area contributed by atoms with Crippen molar-refractivity contribution in [2.45, 2.75) is 38.3 Å². The number of β-amino-alcohol motifs (C(OH)–C–C–N with tert-alkyl or cyclic N) is 1. The van der Waals surface area contributed by atoms with Crippen LogP contribution in [-0.2, 0) is 18.3 Å². The molecule has 1 aliphatic carbocycles. The summed E-state index contributed by atoms with van der Waals surface area (Å²) in [6.45, 7) is 2.13. The van der Waals surface area contributed by atoms with Gasteiger partial charge in [0.1, 0.15) is 17.0 Å². The molecule has 2 N–H and O–H groups in total. The number of aliphatic hydroxyl groups is 1. The number of likely N-dealkylation sites (tertiary alicyclic amines) is 1. The molecular weight excluding hydrogens is 644 g/mol. The lowest BCUT2D eigenvalue weighted by molar-refractivity contribution is -0.140. The van der Waals surface area contributed by atoms with E-state index in [2.05, 4.69) is 5.32 Å². The van der Waals surface area contributed by atoms with E-state index in [9.17, 15) is 28.7 Å². The van der Waals surface area contributed by atoms with Crippen LogP contribution in [-0.4, -0.2) is 48.8 Å². The number of benzene rings is 2. The van der Waals surface area contributed by atoms with Gasteiger partial charge in [-0.05, 0) is 78.3 Å². The Labute approximate surface area is 246 Å². The summed E-state index contributed by atoms with van der Waals surface area (Å²) in [7, 11) is 1.50. The molecule has 0 spiro atoms. The van der Waals surface area contributed by atoms with Crippen LogP contribution in [0.3, 0.4) is 0 Å². The molecule has 41 heavy (non-hydrogen) atoms. The van der Waals surface area contributed by atoms with Crippen LogP contribution >= 0.6 is 22.6 Å². The van der Waals surface area contributed by atoms with Crippen molar-refractivity contribution in [3.63, 3.8) is 0 Å². The number of nitrogens with zero attached hydrogens (tertiary/aromatic N) is 4. The molecule has 1 saturated heterocycles. The maximum Gasteiger partial charge on any atom is 0.336 e. The normalized spacial score (nSPS) is 15.3. The number of carbonyl (C=O) groups is 1. The number of anilines is 2. The van der Waals surface area contributed by atoms with Crippen LogP contribution in [0.2, 0.25) is 0 Å². The van der Waals surface area contributed by atoms with Crippen molar-refractivity contribution in [3.05, 3.63) is 94.2 Å². The summed E-state index contributed by atoms with van der Waals surface area (Å²) in [4.78, 5) is 55.6. The second-order valence-electron chi connectivity index (χ2n) is 10.6. The fourth-order valence-corrected chi connectivity index (χ4v) is 5.78. The second-order valence-corrected chi connectivity index (χ2v) is 11.9. The number of hydrogen-bond donors (Lipinski definition) is 2. The Kier molecular flexibility index (Phi) is 6.85. The average Bonchev–Trinajstić information content (AvgIpc) is 3.74. The summed E-state index contributed by atoms with van der Waals surface area (Å²) in [6, 6.07) is 11.1. The lowest BCUT2D eigenvalue weighted by atomic mass is 10.1. The summed E-state index contributed by atoms with van der Waals surface area (Å²) in [5, 5.41) is 12.6. The minimum Gasteiger partial charge on any atom is -0.389 e. The maximum absolute atomic E-state index is 14.9. The molecule has 1 amide bonds. The molecule has 1 saturated carbocycles. The van der Waals surface area contributed by atoms with Gasteiger partial charge in [0.2, 0.25) is 5.91 Å². The molecule has 2 aromatic heterocycles. The largest absolute Gasteiger partial charge is 0.389 e. The van der Waals surface area contributed by atoms with Gasteiger partial charge in [-0.25, -0.2) is 9.18 Å². The number of aromatic nitrogens is 3. The predicted octanol–water partition coefficient (Wildman–Crippen LogP) is 2.73. The highest BCUT2D eigenvalue weighted by molar-refractivity contribution is 14.1. The number of nitrogens with one attached hydrogen (secondary N) is 1. The van der Waals surface area contributed by atoms with Crippen LogP contribution in [0.15, 0.2) is 56.8 Å². The zero-order valence-corrected chi connectivity index (χ0v) is 24.5. The van der Waals surface area contributed by atoms with Gasteiger partial charge < -0.3 is 15.3 Å². The Hall–Kier alpha value is -3.78. The van der Waals surface area contributed by atoms with E-state index in [-0.39, 0.29) is 59.4 Å². The highest BCUT2D eigenvalue weighted by Gasteiger charge is 2.32. The van der Waals surface area contributed by atoms with Crippen molar-refractivity contribution in [3.8, 4) is 5.69 Å². The lowest BCUT2D eigenvalue weighted by Crippen LogP contribution is -2.53. The van der Waals surface area contributed by atoms with Crippen LogP contribution in [0.5, 0.6) is 0 Å². The molecule has 212 valence electrons.